The van der Waals surface area contributed by atoms with Gasteiger partial charge in [0.2, 0.25) is 17.0 Å². The van der Waals surface area contributed by atoms with Gasteiger partial charge in [0.1, 0.15) is 0 Å². The molecule has 30 heavy (non-hydrogen) atoms. The predicted molar refractivity (Wildman–Crippen MR) is 119 cm³/mol. The molecule has 3 heterocycles. The summed E-state index contributed by atoms with van der Waals surface area (Å²) in [5.74, 6) is 0.949. The second-order valence-corrected chi connectivity index (χ2v) is 9.00. The van der Waals surface area contributed by atoms with Gasteiger partial charge in [0.05, 0.1) is 17.5 Å². The molecule has 0 radical (unpaired) electrons. The molecule has 3 aromatic heterocycles. The van der Waals surface area contributed by atoms with Crippen LogP contribution in [0.1, 0.15) is 37.7 Å². The van der Waals surface area contributed by atoms with E-state index in [4.69, 9.17) is 0 Å². The number of amides is 1. The molecule has 156 valence electrons. The van der Waals surface area contributed by atoms with Crippen LogP contribution in [0.15, 0.2) is 29.4 Å². The monoisotopic (exact) mass is 423 g/mol. The molecule has 0 aliphatic carbocycles. The minimum Gasteiger partial charge on any atom is -0.305 e. The Morgan fingerprint density at radius 2 is 1.87 bits per heavy atom. The summed E-state index contributed by atoms with van der Waals surface area (Å²) in [6, 6.07) is 7.89. The fourth-order valence-electron chi connectivity index (χ4n) is 3.65. The molecule has 9 heteroatoms. The largest absolute Gasteiger partial charge is 0.305 e. The van der Waals surface area contributed by atoms with Crippen LogP contribution in [0.2, 0.25) is 0 Å². The number of benzene rings is 1. The maximum Gasteiger partial charge on any atom is 0.253 e. The van der Waals surface area contributed by atoms with Crippen molar-refractivity contribution in [3.05, 3.63) is 41.2 Å². The number of nitrogens with zero attached hydrogens (tertiary/aromatic N) is 6. The Morgan fingerprint density at radius 3 is 2.57 bits per heavy atom. The van der Waals surface area contributed by atoms with E-state index in [1.165, 1.54) is 11.8 Å². The van der Waals surface area contributed by atoms with Crippen molar-refractivity contribution in [3.8, 4) is 0 Å². The van der Waals surface area contributed by atoms with Gasteiger partial charge < -0.3 is 4.57 Å². The highest BCUT2D eigenvalue weighted by molar-refractivity contribution is 7.98. The SMILES string of the molecule is CSc1nc2nc(C)c(CC(=O)Nc3nc4ccccc4n3C(C)(C)C)c(C)n2n1. The molecule has 0 unspecified atom stereocenters. The zero-order valence-corrected chi connectivity index (χ0v) is 18.8. The smallest absolute Gasteiger partial charge is 0.253 e. The van der Waals surface area contributed by atoms with E-state index in [1.807, 2.05) is 44.4 Å². The molecule has 1 amide bonds. The molecule has 1 N–H and O–H groups in total. The van der Waals surface area contributed by atoms with Crippen molar-refractivity contribution in [3.63, 3.8) is 0 Å². The Labute approximate surface area is 179 Å². The first-order valence-electron chi connectivity index (χ1n) is 9.73. The van der Waals surface area contributed by atoms with Gasteiger partial charge in [0.25, 0.3) is 5.78 Å². The Balaban J connectivity index is 1.68. The van der Waals surface area contributed by atoms with E-state index < -0.39 is 0 Å². The van der Waals surface area contributed by atoms with E-state index in [2.05, 4.69) is 50.7 Å². The zero-order chi connectivity index (χ0) is 21.6. The predicted octanol–water partition coefficient (Wildman–Crippen LogP) is 3.75. The fraction of sp³-hybridized carbons (Fsp3) is 0.381. The van der Waals surface area contributed by atoms with Gasteiger partial charge in [-0.3, -0.25) is 10.1 Å². The first-order chi connectivity index (χ1) is 14.2. The molecule has 0 fully saturated rings. The summed E-state index contributed by atoms with van der Waals surface area (Å²) in [4.78, 5) is 26.6. The van der Waals surface area contributed by atoms with Crippen LogP contribution in [0.3, 0.4) is 0 Å². The molecular formula is C21H25N7OS. The van der Waals surface area contributed by atoms with E-state index in [0.29, 0.717) is 16.9 Å². The molecule has 0 atom stereocenters. The van der Waals surface area contributed by atoms with E-state index >= 15 is 0 Å². The third-order valence-corrected chi connectivity index (χ3v) is 5.57. The number of nitrogens with one attached hydrogen (secondary N) is 1. The lowest BCUT2D eigenvalue weighted by Gasteiger charge is -2.24. The van der Waals surface area contributed by atoms with Crippen LogP contribution in [0.25, 0.3) is 16.8 Å². The number of carbonyl (C=O) groups excluding carboxylic acids is 1. The fourth-order valence-corrected chi connectivity index (χ4v) is 3.99. The summed E-state index contributed by atoms with van der Waals surface area (Å²) in [5.41, 5.74) is 4.09. The summed E-state index contributed by atoms with van der Waals surface area (Å²) >= 11 is 1.46. The summed E-state index contributed by atoms with van der Waals surface area (Å²) < 4.78 is 3.76. The van der Waals surface area contributed by atoms with E-state index in [9.17, 15) is 4.79 Å². The molecule has 0 aliphatic rings. The minimum absolute atomic E-state index is 0.145. The van der Waals surface area contributed by atoms with Gasteiger partial charge in [-0.1, -0.05) is 23.9 Å². The third-order valence-electron chi connectivity index (χ3n) is 5.03. The minimum atomic E-state index is -0.236. The summed E-state index contributed by atoms with van der Waals surface area (Å²) in [6.45, 7) is 10.1. The Morgan fingerprint density at radius 1 is 1.13 bits per heavy atom. The normalized spacial score (nSPS) is 12.1. The van der Waals surface area contributed by atoms with Crippen molar-refractivity contribution in [2.24, 2.45) is 0 Å². The van der Waals surface area contributed by atoms with Crippen LogP contribution in [-0.4, -0.2) is 41.3 Å². The van der Waals surface area contributed by atoms with Crippen molar-refractivity contribution < 1.29 is 4.79 Å². The zero-order valence-electron chi connectivity index (χ0n) is 18.0. The highest BCUT2D eigenvalue weighted by Gasteiger charge is 2.23. The van der Waals surface area contributed by atoms with Crippen LogP contribution in [0.4, 0.5) is 5.95 Å². The number of para-hydroxylation sites is 2. The van der Waals surface area contributed by atoms with E-state index in [1.54, 1.807) is 4.52 Å². The number of fused-ring (bicyclic) bond motifs is 2. The van der Waals surface area contributed by atoms with Crippen LogP contribution in [0.5, 0.6) is 0 Å². The Bertz CT molecular complexity index is 1270. The van der Waals surface area contributed by atoms with Gasteiger partial charge in [-0.25, -0.2) is 14.5 Å². The van der Waals surface area contributed by atoms with Crippen molar-refractivity contribution in [2.75, 3.05) is 11.6 Å². The number of aromatic nitrogens is 6. The average molecular weight is 424 g/mol. The first-order valence-corrected chi connectivity index (χ1v) is 11.0. The number of carbonyl (C=O) groups is 1. The quantitative estimate of drug-likeness (QED) is 0.503. The van der Waals surface area contributed by atoms with E-state index in [0.717, 1.165) is 28.0 Å². The number of hydrogen-bond donors (Lipinski definition) is 1. The van der Waals surface area contributed by atoms with Crippen LogP contribution < -0.4 is 5.32 Å². The first kappa shape index (κ1) is 20.3. The molecule has 0 spiro atoms. The van der Waals surface area contributed by atoms with Gasteiger partial charge in [-0.15, -0.1) is 5.10 Å². The number of aryl methyl sites for hydroxylation is 2. The molecular weight excluding hydrogens is 398 g/mol. The molecule has 0 aliphatic heterocycles. The van der Waals surface area contributed by atoms with Crippen molar-refractivity contribution in [1.29, 1.82) is 0 Å². The summed E-state index contributed by atoms with van der Waals surface area (Å²) in [7, 11) is 0. The average Bonchev–Trinajstić information content (AvgIpc) is 3.25. The third kappa shape index (κ3) is 3.54. The maximum atomic E-state index is 13.0. The van der Waals surface area contributed by atoms with Crippen LogP contribution in [0, 0.1) is 13.8 Å². The highest BCUT2D eigenvalue weighted by atomic mass is 32.2. The van der Waals surface area contributed by atoms with Crippen LogP contribution in [-0.2, 0) is 16.8 Å². The summed E-state index contributed by atoms with van der Waals surface area (Å²) in [6.07, 6.45) is 2.11. The van der Waals surface area contributed by atoms with Gasteiger partial charge in [0.15, 0.2) is 0 Å². The molecule has 0 saturated carbocycles. The lowest BCUT2D eigenvalue weighted by molar-refractivity contribution is -0.115. The van der Waals surface area contributed by atoms with Crippen molar-refractivity contribution in [2.45, 2.75) is 51.7 Å². The van der Waals surface area contributed by atoms with Crippen molar-refractivity contribution in [1.82, 2.24) is 29.1 Å². The lowest BCUT2D eigenvalue weighted by Crippen LogP contribution is -2.26. The number of rotatable bonds is 4. The maximum absolute atomic E-state index is 13.0. The molecule has 4 aromatic rings. The van der Waals surface area contributed by atoms with Gasteiger partial charge in [-0.2, -0.15) is 4.98 Å². The Hall–Kier alpha value is -2.94. The van der Waals surface area contributed by atoms with Gasteiger partial charge >= 0.3 is 0 Å². The Kier molecular flexibility index (Phi) is 5.01. The van der Waals surface area contributed by atoms with E-state index in [-0.39, 0.29) is 17.9 Å². The second kappa shape index (κ2) is 7.39. The second-order valence-electron chi connectivity index (χ2n) is 8.23. The van der Waals surface area contributed by atoms with Gasteiger partial charge in [0, 0.05) is 22.5 Å². The highest BCUT2D eigenvalue weighted by Crippen LogP contribution is 2.28. The standard InChI is InChI=1S/C21H25N7OS/c1-12-14(13(2)28-19(22-12)25-20(26-28)30-6)11-17(29)24-18-23-15-9-7-8-10-16(15)27(18)21(3,4)5/h7-10H,11H2,1-6H3,(H,23,24,29). The molecule has 0 bridgehead atoms. The molecule has 1 aromatic carbocycles. The molecule has 0 saturated heterocycles. The molecule has 8 nitrogen and oxygen atoms in total. The number of thioether (sulfide) groups is 1. The molecule has 4 rings (SSSR count). The number of anilines is 1. The topological polar surface area (TPSA) is 90.0 Å². The lowest BCUT2D eigenvalue weighted by atomic mass is 10.1. The van der Waals surface area contributed by atoms with Gasteiger partial charge in [-0.05, 0) is 53.0 Å². The number of imidazole rings is 1. The van der Waals surface area contributed by atoms with Crippen molar-refractivity contribution >= 4 is 40.4 Å². The van der Waals surface area contributed by atoms with Crippen LogP contribution >= 0.6 is 11.8 Å². The number of hydrogen-bond acceptors (Lipinski definition) is 6. The summed E-state index contributed by atoms with van der Waals surface area (Å²) in [5, 5.41) is 8.12.